The van der Waals surface area contributed by atoms with Gasteiger partial charge in [0.05, 0.1) is 18.4 Å². The minimum absolute atomic E-state index is 0.0125. The summed E-state index contributed by atoms with van der Waals surface area (Å²) in [5.74, 6) is -0.0125. The molecular formula is C8H11FN2O. The Hall–Kier alpha value is -1.19. The van der Waals surface area contributed by atoms with Crippen molar-refractivity contribution in [2.75, 3.05) is 6.67 Å². The van der Waals surface area contributed by atoms with Gasteiger partial charge in [-0.2, -0.15) is 5.10 Å². The van der Waals surface area contributed by atoms with Crippen LogP contribution >= 0.6 is 0 Å². The van der Waals surface area contributed by atoms with Crippen LogP contribution in [0, 0.1) is 0 Å². The number of halogens is 1. The molecule has 0 aliphatic rings. The molecule has 0 saturated heterocycles. The lowest BCUT2D eigenvalue weighted by Crippen LogP contribution is -1.98. The summed E-state index contributed by atoms with van der Waals surface area (Å²) in [6.07, 6.45) is 3.58. The Labute approximate surface area is 70.2 Å². The smallest absolute Gasteiger partial charge is 0.162 e. The zero-order valence-corrected chi connectivity index (χ0v) is 6.96. The van der Waals surface area contributed by atoms with Gasteiger partial charge in [-0.15, -0.1) is 0 Å². The molecule has 66 valence electrons. The van der Waals surface area contributed by atoms with Gasteiger partial charge in [0.25, 0.3) is 0 Å². The second-order valence-corrected chi connectivity index (χ2v) is 2.59. The highest BCUT2D eigenvalue weighted by atomic mass is 19.1. The Balaban J connectivity index is 2.58. The standard InChI is InChI=1S/C8H11FN2O/c1-7(12)8-5-10-11(6-8)4-2-3-9/h5-6H,2-4H2,1H3. The van der Waals surface area contributed by atoms with Gasteiger partial charge in [-0.1, -0.05) is 0 Å². The molecule has 0 spiro atoms. The van der Waals surface area contributed by atoms with Crippen molar-refractivity contribution in [3.8, 4) is 0 Å². The lowest BCUT2D eigenvalue weighted by molar-refractivity contribution is 0.101. The van der Waals surface area contributed by atoms with E-state index in [1.807, 2.05) is 0 Å². The predicted molar refractivity (Wildman–Crippen MR) is 42.8 cm³/mol. The number of Topliss-reactive ketones (excluding diaryl/α,β-unsaturated/α-hetero) is 1. The summed E-state index contributed by atoms with van der Waals surface area (Å²) < 4.78 is 13.3. The van der Waals surface area contributed by atoms with Crippen molar-refractivity contribution in [3.63, 3.8) is 0 Å². The van der Waals surface area contributed by atoms with Gasteiger partial charge in [0, 0.05) is 12.7 Å². The number of carbonyl (C=O) groups excluding carboxylic acids is 1. The fourth-order valence-electron chi connectivity index (χ4n) is 0.889. The van der Waals surface area contributed by atoms with Gasteiger partial charge < -0.3 is 0 Å². The Morgan fingerprint density at radius 3 is 3.00 bits per heavy atom. The highest BCUT2D eigenvalue weighted by Crippen LogP contribution is 1.99. The van der Waals surface area contributed by atoms with Crippen molar-refractivity contribution in [3.05, 3.63) is 18.0 Å². The summed E-state index contributed by atoms with van der Waals surface area (Å²) >= 11 is 0. The molecule has 0 atom stereocenters. The molecule has 1 aromatic rings. The van der Waals surface area contributed by atoms with E-state index in [0.717, 1.165) is 0 Å². The lowest BCUT2D eigenvalue weighted by atomic mass is 10.3. The van der Waals surface area contributed by atoms with Gasteiger partial charge >= 0.3 is 0 Å². The fourth-order valence-corrected chi connectivity index (χ4v) is 0.889. The first-order valence-corrected chi connectivity index (χ1v) is 3.83. The Kier molecular flexibility index (Phi) is 2.96. The molecular weight excluding hydrogens is 159 g/mol. The SMILES string of the molecule is CC(=O)c1cnn(CCCF)c1. The Morgan fingerprint density at radius 1 is 1.75 bits per heavy atom. The third-order valence-electron chi connectivity index (χ3n) is 1.56. The van der Waals surface area contributed by atoms with Crippen molar-refractivity contribution in [1.29, 1.82) is 0 Å². The molecule has 0 bridgehead atoms. The third-order valence-corrected chi connectivity index (χ3v) is 1.56. The molecule has 1 heterocycles. The quantitative estimate of drug-likeness (QED) is 0.641. The average molecular weight is 170 g/mol. The summed E-state index contributed by atoms with van der Waals surface area (Å²) in [5.41, 5.74) is 0.578. The third kappa shape index (κ3) is 2.15. The fraction of sp³-hybridized carbons (Fsp3) is 0.500. The van der Waals surface area contributed by atoms with E-state index in [-0.39, 0.29) is 12.5 Å². The molecule has 0 aliphatic heterocycles. The van der Waals surface area contributed by atoms with Crippen LogP contribution in [0.5, 0.6) is 0 Å². The summed E-state index contributed by atoms with van der Waals surface area (Å²) in [4.78, 5) is 10.8. The molecule has 1 rings (SSSR count). The number of alkyl halides is 1. The van der Waals surface area contributed by atoms with Crippen LogP contribution < -0.4 is 0 Å². The number of carbonyl (C=O) groups is 1. The normalized spacial score (nSPS) is 10.2. The van der Waals surface area contributed by atoms with Crippen LogP contribution in [0.4, 0.5) is 4.39 Å². The summed E-state index contributed by atoms with van der Waals surface area (Å²) in [5, 5.41) is 3.90. The minimum atomic E-state index is -0.352. The maximum Gasteiger partial charge on any atom is 0.162 e. The molecule has 4 heteroatoms. The van der Waals surface area contributed by atoms with E-state index in [1.165, 1.54) is 13.1 Å². The molecule has 3 nitrogen and oxygen atoms in total. The highest BCUT2D eigenvalue weighted by Gasteiger charge is 2.01. The highest BCUT2D eigenvalue weighted by molar-refractivity contribution is 5.93. The molecule has 0 unspecified atom stereocenters. The average Bonchev–Trinajstić information content (AvgIpc) is 2.48. The van der Waals surface area contributed by atoms with Crippen LogP contribution in [-0.4, -0.2) is 22.2 Å². The molecule has 0 saturated carbocycles. The zero-order chi connectivity index (χ0) is 8.97. The topological polar surface area (TPSA) is 34.9 Å². The molecule has 0 amide bonds. The monoisotopic (exact) mass is 170 g/mol. The summed E-state index contributed by atoms with van der Waals surface area (Å²) in [6.45, 7) is 1.66. The second kappa shape index (κ2) is 3.99. The first-order chi connectivity index (χ1) is 5.74. The first kappa shape index (κ1) is 8.90. The van der Waals surface area contributed by atoms with Crippen LogP contribution in [0.2, 0.25) is 0 Å². The predicted octanol–water partition coefficient (Wildman–Crippen LogP) is 1.45. The number of aromatic nitrogens is 2. The van der Waals surface area contributed by atoms with E-state index in [4.69, 9.17) is 0 Å². The van der Waals surface area contributed by atoms with Crippen LogP contribution in [0.1, 0.15) is 23.7 Å². The molecule has 0 fully saturated rings. The van der Waals surface area contributed by atoms with Crippen LogP contribution in [0.25, 0.3) is 0 Å². The van der Waals surface area contributed by atoms with E-state index in [0.29, 0.717) is 18.5 Å². The van der Waals surface area contributed by atoms with Crippen LogP contribution in [-0.2, 0) is 6.54 Å². The lowest BCUT2D eigenvalue weighted by Gasteiger charge is -1.95. The van der Waals surface area contributed by atoms with Crippen molar-refractivity contribution >= 4 is 5.78 Å². The van der Waals surface area contributed by atoms with E-state index in [2.05, 4.69) is 5.10 Å². The second-order valence-electron chi connectivity index (χ2n) is 2.59. The molecule has 0 N–H and O–H groups in total. The van der Waals surface area contributed by atoms with Gasteiger partial charge in [-0.25, -0.2) is 0 Å². The van der Waals surface area contributed by atoms with Crippen molar-refractivity contribution < 1.29 is 9.18 Å². The van der Waals surface area contributed by atoms with E-state index < -0.39 is 0 Å². The Bertz CT molecular complexity index is 270. The first-order valence-electron chi connectivity index (χ1n) is 3.83. The summed E-state index contributed by atoms with van der Waals surface area (Å²) in [6, 6.07) is 0. The van der Waals surface area contributed by atoms with E-state index >= 15 is 0 Å². The number of nitrogens with zero attached hydrogens (tertiary/aromatic N) is 2. The summed E-state index contributed by atoms with van der Waals surface area (Å²) in [7, 11) is 0. The van der Waals surface area contributed by atoms with E-state index in [1.54, 1.807) is 10.9 Å². The largest absolute Gasteiger partial charge is 0.294 e. The molecule has 0 aromatic carbocycles. The number of rotatable bonds is 4. The number of hydrogen-bond donors (Lipinski definition) is 0. The molecule has 0 radical (unpaired) electrons. The number of aryl methyl sites for hydroxylation is 1. The van der Waals surface area contributed by atoms with Crippen molar-refractivity contribution in [2.24, 2.45) is 0 Å². The van der Waals surface area contributed by atoms with Gasteiger partial charge in [0.2, 0.25) is 0 Å². The minimum Gasteiger partial charge on any atom is -0.294 e. The Morgan fingerprint density at radius 2 is 2.50 bits per heavy atom. The van der Waals surface area contributed by atoms with Gasteiger partial charge in [0.1, 0.15) is 0 Å². The van der Waals surface area contributed by atoms with Gasteiger partial charge in [-0.05, 0) is 13.3 Å². The van der Waals surface area contributed by atoms with E-state index in [9.17, 15) is 9.18 Å². The van der Waals surface area contributed by atoms with Gasteiger partial charge in [0.15, 0.2) is 5.78 Å². The number of ketones is 1. The zero-order valence-electron chi connectivity index (χ0n) is 6.96. The van der Waals surface area contributed by atoms with Crippen LogP contribution in [0.3, 0.4) is 0 Å². The maximum atomic E-state index is 11.7. The number of hydrogen-bond acceptors (Lipinski definition) is 2. The molecule has 12 heavy (non-hydrogen) atoms. The van der Waals surface area contributed by atoms with Crippen LogP contribution in [0.15, 0.2) is 12.4 Å². The van der Waals surface area contributed by atoms with Crippen molar-refractivity contribution in [1.82, 2.24) is 9.78 Å². The van der Waals surface area contributed by atoms with Crippen molar-refractivity contribution in [2.45, 2.75) is 19.9 Å². The molecule has 1 aromatic heterocycles. The maximum absolute atomic E-state index is 11.7. The van der Waals surface area contributed by atoms with Gasteiger partial charge in [-0.3, -0.25) is 13.9 Å². The molecule has 0 aliphatic carbocycles.